The number of halogens is 2. The molecule has 2 aromatic rings. The zero-order chi connectivity index (χ0) is 9.26. The standard InChI is InChI=1S/C9H6Cl2N2/c10-7-3-1-2-6(4-7)8-5-12-13-9(8)11/h1-5H,(H,12,13). The fraction of sp³-hybridized carbons (Fsp3) is 0. The SMILES string of the molecule is Clc1cccc(-c2cn[nH]c2Cl)c1. The van der Waals surface area contributed by atoms with Crippen LogP contribution >= 0.6 is 23.2 Å². The third-order valence-corrected chi connectivity index (χ3v) is 2.25. The van der Waals surface area contributed by atoms with Crippen LogP contribution in [0.25, 0.3) is 11.1 Å². The number of hydrogen-bond acceptors (Lipinski definition) is 1. The summed E-state index contributed by atoms with van der Waals surface area (Å²) in [6.45, 7) is 0. The van der Waals surface area contributed by atoms with Crippen LogP contribution in [0.5, 0.6) is 0 Å². The third-order valence-electron chi connectivity index (χ3n) is 1.73. The minimum absolute atomic E-state index is 0.530. The predicted octanol–water partition coefficient (Wildman–Crippen LogP) is 3.38. The van der Waals surface area contributed by atoms with E-state index < -0.39 is 0 Å². The summed E-state index contributed by atoms with van der Waals surface area (Å²) < 4.78 is 0. The molecule has 13 heavy (non-hydrogen) atoms. The van der Waals surface area contributed by atoms with Crippen molar-refractivity contribution in [1.29, 1.82) is 0 Å². The van der Waals surface area contributed by atoms with E-state index >= 15 is 0 Å². The monoisotopic (exact) mass is 212 g/mol. The van der Waals surface area contributed by atoms with E-state index in [1.165, 1.54) is 0 Å². The zero-order valence-corrected chi connectivity index (χ0v) is 8.10. The Bertz CT molecular complexity index is 423. The summed E-state index contributed by atoms with van der Waals surface area (Å²) in [6, 6.07) is 7.47. The van der Waals surface area contributed by atoms with E-state index in [4.69, 9.17) is 23.2 Å². The lowest BCUT2D eigenvalue weighted by Crippen LogP contribution is -1.74. The third kappa shape index (κ3) is 1.69. The average Bonchev–Trinajstić information content (AvgIpc) is 2.51. The molecule has 0 aliphatic carbocycles. The summed E-state index contributed by atoms with van der Waals surface area (Å²) in [7, 11) is 0. The van der Waals surface area contributed by atoms with E-state index in [-0.39, 0.29) is 0 Å². The van der Waals surface area contributed by atoms with Crippen molar-refractivity contribution in [2.24, 2.45) is 0 Å². The maximum atomic E-state index is 5.87. The first-order valence-corrected chi connectivity index (χ1v) is 4.48. The van der Waals surface area contributed by atoms with Crippen molar-refractivity contribution in [1.82, 2.24) is 10.2 Å². The van der Waals surface area contributed by atoms with Crippen LogP contribution in [0.15, 0.2) is 30.5 Å². The molecule has 4 heteroatoms. The van der Waals surface area contributed by atoms with Crippen molar-refractivity contribution >= 4 is 23.2 Å². The van der Waals surface area contributed by atoms with Gasteiger partial charge in [-0.15, -0.1) is 0 Å². The number of hydrogen-bond donors (Lipinski definition) is 1. The van der Waals surface area contributed by atoms with Gasteiger partial charge in [0.2, 0.25) is 0 Å². The molecule has 0 aliphatic heterocycles. The molecule has 0 saturated carbocycles. The minimum atomic E-state index is 0.530. The van der Waals surface area contributed by atoms with Crippen LogP contribution in [-0.4, -0.2) is 10.2 Å². The fourth-order valence-corrected chi connectivity index (χ4v) is 1.52. The van der Waals surface area contributed by atoms with Gasteiger partial charge in [-0.1, -0.05) is 35.3 Å². The number of rotatable bonds is 1. The number of aromatic nitrogens is 2. The van der Waals surface area contributed by atoms with Gasteiger partial charge in [0.05, 0.1) is 6.20 Å². The van der Waals surface area contributed by atoms with E-state index in [9.17, 15) is 0 Å². The summed E-state index contributed by atoms with van der Waals surface area (Å²) in [6.07, 6.45) is 1.67. The van der Waals surface area contributed by atoms with Crippen molar-refractivity contribution in [3.63, 3.8) is 0 Å². The molecular formula is C9H6Cl2N2. The maximum Gasteiger partial charge on any atom is 0.132 e. The highest BCUT2D eigenvalue weighted by atomic mass is 35.5. The van der Waals surface area contributed by atoms with Gasteiger partial charge in [0.1, 0.15) is 5.15 Å². The van der Waals surface area contributed by atoms with Gasteiger partial charge in [-0.05, 0) is 17.7 Å². The Morgan fingerprint density at radius 2 is 2.08 bits per heavy atom. The Hall–Kier alpha value is -0.990. The molecule has 1 aromatic heterocycles. The molecule has 1 heterocycles. The van der Waals surface area contributed by atoms with E-state index in [1.54, 1.807) is 6.20 Å². The Morgan fingerprint density at radius 3 is 2.69 bits per heavy atom. The highest BCUT2D eigenvalue weighted by Crippen LogP contribution is 2.27. The van der Waals surface area contributed by atoms with Crippen LogP contribution in [0.2, 0.25) is 10.2 Å². The lowest BCUT2D eigenvalue weighted by Gasteiger charge is -1.97. The molecule has 2 rings (SSSR count). The second-order valence-electron chi connectivity index (χ2n) is 2.61. The summed E-state index contributed by atoms with van der Waals surface area (Å²) in [5, 5.41) is 7.71. The zero-order valence-electron chi connectivity index (χ0n) is 6.59. The predicted molar refractivity (Wildman–Crippen MR) is 54.0 cm³/mol. The van der Waals surface area contributed by atoms with E-state index in [0.717, 1.165) is 11.1 Å². The topological polar surface area (TPSA) is 28.7 Å². The van der Waals surface area contributed by atoms with Gasteiger partial charge in [0, 0.05) is 10.6 Å². The van der Waals surface area contributed by atoms with Gasteiger partial charge < -0.3 is 0 Å². The second-order valence-corrected chi connectivity index (χ2v) is 3.42. The number of aromatic amines is 1. The molecule has 0 spiro atoms. The highest BCUT2D eigenvalue weighted by molar-refractivity contribution is 6.32. The van der Waals surface area contributed by atoms with Crippen molar-refractivity contribution in [2.75, 3.05) is 0 Å². The number of nitrogens with zero attached hydrogens (tertiary/aromatic N) is 1. The van der Waals surface area contributed by atoms with Crippen molar-refractivity contribution in [3.8, 4) is 11.1 Å². The molecule has 0 fully saturated rings. The minimum Gasteiger partial charge on any atom is -0.267 e. The first-order valence-electron chi connectivity index (χ1n) is 3.72. The van der Waals surface area contributed by atoms with Crippen LogP contribution in [-0.2, 0) is 0 Å². The maximum absolute atomic E-state index is 5.87. The molecule has 2 nitrogen and oxygen atoms in total. The fourth-order valence-electron chi connectivity index (χ4n) is 1.13. The number of benzene rings is 1. The lowest BCUT2D eigenvalue weighted by atomic mass is 10.1. The van der Waals surface area contributed by atoms with Crippen LogP contribution < -0.4 is 0 Å². The van der Waals surface area contributed by atoms with Gasteiger partial charge in [0.15, 0.2) is 0 Å². The largest absolute Gasteiger partial charge is 0.267 e. The van der Waals surface area contributed by atoms with Gasteiger partial charge >= 0.3 is 0 Å². The quantitative estimate of drug-likeness (QED) is 0.772. The first-order chi connectivity index (χ1) is 6.27. The molecule has 1 N–H and O–H groups in total. The van der Waals surface area contributed by atoms with Crippen molar-refractivity contribution < 1.29 is 0 Å². The summed E-state index contributed by atoms with van der Waals surface area (Å²) in [5.41, 5.74) is 1.83. The first kappa shape index (κ1) is 8.60. The summed E-state index contributed by atoms with van der Waals surface area (Å²) in [4.78, 5) is 0. The Balaban J connectivity index is 2.53. The average molecular weight is 213 g/mol. The Kier molecular flexibility index (Phi) is 2.25. The summed E-state index contributed by atoms with van der Waals surface area (Å²) in [5.74, 6) is 0. The van der Waals surface area contributed by atoms with Gasteiger partial charge in [-0.2, -0.15) is 5.10 Å². The smallest absolute Gasteiger partial charge is 0.132 e. The van der Waals surface area contributed by atoms with Crippen LogP contribution in [0.4, 0.5) is 0 Å². The molecule has 0 atom stereocenters. The van der Waals surface area contributed by atoms with Crippen molar-refractivity contribution in [3.05, 3.63) is 40.6 Å². The highest BCUT2D eigenvalue weighted by Gasteiger charge is 2.04. The number of H-pyrrole nitrogens is 1. The normalized spacial score (nSPS) is 10.3. The Labute approximate surface area is 85.5 Å². The van der Waals surface area contributed by atoms with Gasteiger partial charge in [-0.25, -0.2) is 0 Å². The van der Waals surface area contributed by atoms with Crippen molar-refractivity contribution in [2.45, 2.75) is 0 Å². The van der Waals surface area contributed by atoms with Gasteiger partial charge in [-0.3, -0.25) is 5.10 Å². The number of nitrogens with one attached hydrogen (secondary N) is 1. The van der Waals surface area contributed by atoms with E-state index in [0.29, 0.717) is 10.2 Å². The van der Waals surface area contributed by atoms with E-state index in [2.05, 4.69) is 10.2 Å². The lowest BCUT2D eigenvalue weighted by molar-refractivity contribution is 1.09. The Morgan fingerprint density at radius 1 is 1.23 bits per heavy atom. The molecule has 1 aromatic carbocycles. The molecule has 0 radical (unpaired) electrons. The van der Waals surface area contributed by atoms with E-state index in [1.807, 2.05) is 24.3 Å². The molecule has 0 saturated heterocycles. The second kappa shape index (κ2) is 3.40. The molecule has 0 bridgehead atoms. The molecule has 0 aliphatic rings. The van der Waals surface area contributed by atoms with Crippen LogP contribution in [0.3, 0.4) is 0 Å². The summed E-state index contributed by atoms with van der Waals surface area (Å²) >= 11 is 11.7. The molecule has 0 unspecified atom stereocenters. The van der Waals surface area contributed by atoms with Gasteiger partial charge in [0.25, 0.3) is 0 Å². The molecule has 66 valence electrons. The molecule has 0 amide bonds. The van der Waals surface area contributed by atoms with Crippen LogP contribution in [0, 0.1) is 0 Å². The molecular weight excluding hydrogens is 207 g/mol. The van der Waals surface area contributed by atoms with Crippen LogP contribution in [0.1, 0.15) is 0 Å².